The van der Waals surface area contributed by atoms with Gasteiger partial charge in [0.25, 0.3) is 0 Å². The maximum absolute atomic E-state index is 10.2. The number of aliphatic carboxylic acids is 1. The van der Waals surface area contributed by atoms with Crippen LogP contribution in [0.3, 0.4) is 0 Å². The second kappa shape index (κ2) is 5.28. The molecule has 0 N–H and O–H groups in total. The molecule has 0 aliphatic heterocycles. The zero-order chi connectivity index (χ0) is 9.14. The number of hydrogen-bond donors (Lipinski definition) is 0. The van der Waals surface area contributed by atoms with Crippen LogP contribution >= 0.6 is 11.6 Å². The Morgan fingerprint density at radius 2 is 2.31 bits per heavy atom. The molecule has 0 atom stereocenters. The molecule has 0 saturated carbocycles. The van der Waals surface area contributed by atoms with E-state index in [1.54, 1.807) is 13.0 Å². The van der Waals surface area contributed by atoms with E-state index in [4.69, 9.17) is 11.6 Å². The molecule has 0 radical (unpaired) electrons. The Morgan fingerprint density at radius 3 is 2.85 bits per heavy atom. The Kier molecular flexibility index (Phi) is 5.08. The Balaban J connectivity index is 0.00000144. The van der Waals surface area contributed by atoms with Crippen LogP contribution < -0.4 is 24.0 Å². The summed E-state index contributed by atoms with van der Waals surface area (Å²) in [6, 6.07) is 1.62. The molecule has 5 heteroatoms. The number of carboxylic acid groups (broad SMARTS) is 1. The third kappa shape index (κ3) is 3.39. The number of hydrogen-bond acceptors (Lipinski definition) is 3. The molecule has 0 aliphatic rings. The minimum Gasteiger partial charge on any atom is -0.550 e. The molecule has 0 fully saturated rings. The fourth-order valence-corrected chi connectivity index (χ4v) is 1.03. The summed E-state index contributed by atoms with van der Waals surface area (Å²) in [4.78, 5) is 14.1. The Hall–Kier alpha value is -0.493. The molecule has 3 nitrogen and oxygen atoms in total. The first kappa shape index (κ1) is 12.5. The van der Waals surface area contributed by atoms with Gasteiger partial charge in [0.15, 0.2) is 0 Å². The maximum Gasteiger partial charge on any atom is 1.00 e. The van der Waals surface area contributed by atoms with Crippen molar-refractivity contribution >= 4 is 17.6 Å². The molecule has 0 bridgehead atoms. The average molecular weight is 192 g/mol. The number of carbonyl (C=O) groups is 1. The molecular formula is C8H7ClLiNO2. The van der Waals surface area contributed by atoms with Crippen molar-refractivity contribution in [3.8, 4) is 0 Å². The van der Waals surface area contributed by atoms with Crippen LogP contribution in [-0.2, 0) is 11.2 Å². The number of halogens is 1. The van der Waals surface area contributed by atoms with E-state index < -0.39 is 5.97 Å². The molecule has 1 heterocycles. The number of nitrogens with zero attached hydrogens (tertiary/aromatic N) is 1. The molecule has 0 unspecified atom stereocenters. The van der Waals surface area contributed by atoms with E-state index in [1.807, 2.05) is 0 Å². The molecule has 13 heavy (non-hydrogen) atoms. The molecule has 0 saturated heterocycles. The molecule has 1 aromatic rings. The normalized spacial score (nSPS) is 9.08. The van der Waals surface area contributed by atoms with Crippen molar-refractivity contribution in [3.63, 3.8) is 0 Å². The van der Waals surface area contributed by atoms with Gasteiger partial charge in [0, 0.05) is 23.6 Å². The standard InChI is InChI=1S/C8H8ClNO2.Li/c1-5-6(9)2-3-10-7(5)4-8(11)12;/h2-3H,4H2,1H3,(H,11,12);/q;+1/p-1. The molecule has 0 amide bonds. The molecule has 0 aliphatic carbocycles. The molecular weight excluding hydrogens is 184 g/mol. The number of carbonyl (C=O) groups excluding carboxylic acids is 1. The maximum atomic E-state index is 10.2. The van der Waals surface area contributed by atoms with Crippen LogP contribution in [0, 0.1) is 6.92 Å². The van der Waals surface area contributed by atoms with Gasteiger partial charge in [-0.05, 0) is 18.6 Å². The van der Waals surface area contributed by atoms with Crippen LogP contribution in [-0.4, -0.2) is 11.0 Å². The van der Waals surface area contributed by atoms with E-state index >= 15 is 0 Å². The summed E-state index contributed by atoms with van der Waals surface area (Å²) in [5.74, 6) is -1.15. The topological polar surface area (TPSA) is 53.0 Å². The van der Waals surface area contributed by atoms with Gasteiger partial charge in [0.05, 0.1) is 5.69 Å². The summed E-state index contributed by atoms with van der Waals surface area (Å²) >= 11 is 5.74. The average Bonchev–Trinajstić information content (AvgIpc) is 1.98. The van der Waals surface area contributed by atoms with Gasteiger partial charge in [-0.3, -0.25) is 4.98 Å². The fraction of sp³-hybridized carbons (Fsp3) is 0.250. The molecule has 0 aromatic carbocycles. The summed E-state index contributed by atoms with van der Waals surface area (Å²) in [5, 5.41) is 10.8. The molecule has 0 spiro atoms. The van der Waals surface area contributed by atoms with E-state index in [-0.39, 0.29) is 25.3 Å². The van der Waals surface area contributed by atoms with Crippen LogP contribution in [0.1, 0.15) is 11.3 Å². The molecule has 1 aromatic heterocycles. The summed E-state index contributed by atoms with van der Waals surface area (Å²) < 4.78 is 0. The van der Waals surface area contributed by atoms with E-state index in [1.165, 1.54) is 6.20 Å². The van der Waals surface area contributed by atoms with Crippen LogP contribution in [0.5, 0.6) is 0 Å². The Labute approximate surface area is 93.3 Å². The van der Waals surface area contributed by atoms with Gasteiger partial charge in [0.2, 0.25) is 0 Å². The summed E-state index contributed by atoms with van der Waals surface area (Å²) in [7, 11) is 0. The van der Waals surface area contributed by atoms with Crippen molar-refractivity contribution in [2.75, 3.05) is 0 Å². The van der Waals surface area contributed by atoms with Crippen molar-refractivity contribution in [3.05, 3.63) is 28.5 Å². The van der Waals surface area contributed by atoms with Crippen molar-refractivity contribution in [1.82, 2.24) is 4.98 Å². The largest absolute Gasteiger partial charge is 1.00 e. The minimum atomic E-state index is -1.15. The van der Waals surface area contributed by atoms with Crippen LogP contribution in [0.15, 0.2) is 12.3 Å². The van der Waals surface area contributed by atoms with E-state index in [2.05, 4.69) is 4.98 Å². The van der Waals surface area contributed by atoms with Gasteiger partial charge >= 0.3 is 18.9 Å². The number of rotatable bonds is 2. The van der Waals surface area contributed by atoms with Crippen LogP contribution in [0.2, 0.25) is 5.02 Å². The van der Waals surface area contributed by atoms with Gasteiger partial charge in [-0.25, -0.2) is 0 Å². The van der Waals surface area contributed by atoms with Crippen molar-refractivity contribution in [1.29, 1.82) is 0 Å². The zero-order valence-corrected chi connectivity index (χ0v) is 8.26. The van der Waals surface area contributed by atoms with Gasteiger partial charge in [0.1, 0.15) is 0 Å². The third-order valence-electron chi connectivity index (χ3n) is 1.55. The summed E-state index contributed by atoms with van der Waals surface area (Å²) in [6.45, 7) is 1.73. The van der Waals surface area contributed by atoms with E-state index in [0.29, 0.717) is 16.3 Å². The zero-order valence-electron chi connectivity index (χ0n) is 7.50. The summed E-state index contributed by atoms with van der Waals surface area (Å²) in [5.41, 5.74) is 1.16. The summed E-state index contributed by atoms with van der Waals surface area (Å²) in [6.07, 6.45) is 1.29. The van der Waals surface area contributed by atoms with Crippen molar-refractivity contribution in [2.24, 2.45) is 0 Å². The van der Waals surface area contributed by atoms with Crippen molar-refractivity contribution in [2.45, 2.75) is 13.3 Å². The minimum absolute atomic E-state index is 0. The van der Waals surface area contributed by atoms with Crippen LogP contribution in [0.4, 0.5) is 0 Å². The SMILES string of the molecule is Cc1c(Cl)ccnc1CC(=O)[O-].[Li+]. The van der Waals surface area contributed by atoms with Gasteiger partial charge in [-0.2, -0.15) is 0 Å². The first-order valence-electron chi connectivity index (χ1n) is 3.41. The van der Waals surface area contributed by atoms with Crippen molar-refractivity contribution < 1.29 is 28.8 Å². The number of pyridine rings is 1. The predicted octanol–water partition coefficient (Wildman–Crippen LogP) is -2.66. The number of aromatic nitrogens is 1. The third-order valence-corrected chi connectivity index (χ3v) is 1.96. The quantitative estimate of drug-likeness (QED) is 0.480. The fourth-order valence-electron chi connectivity index (χ4n) is 0.867. The van der Waals surface area contributed by atoms with Gasteiger partial charge < -0.3 is 9.90 Å². The van der Waals surface area contributed by atoms with E-state index in [9.17, 15) is 9.90 Å². The Morgan fingerprint density at radius 1 is 1.69 bits per heavy atom. The monoisotopic (exact) mass is 191 g/mol. The van der Waals surface area contributed by atoms with Gasteiger partial charge in [-0.15, -0.1) is 0 Å². The van der Waals surface area contributed by atoms with E-state index in [0.717, 1.165) is 0 Å². The predicted molar refractivity (Wildman–Crippen MR) is 42.7 cm³/mol. The second-order valence-corrected chi connectivity index (χ2v) is 2.82. The second-order valence-electron chi connectivity index (χ2n) is 2.41. The first-order valence-corrected chi connectivity index (χ1v) is 3.79. The van der Waals surface area contributed by atoms with Crippen LogP contribution in [0.25, 0.3) is 0 Å². The molecule has 64 valence electrons. The van der Waals surface area contributed by atoms with Gasteiger partial charge in [-0.1, -0.05) is 11.6 Å². The smallest absolute Gasteiger partial charge is 0.550 e. The first-order chi connectivity index (χ1) is 5.61. The number of carboxylic acids is 1. The Bertz CT molecular complexity index is 317. The molecule has 1 rings (SSSR count).